The molecule has 8 heteroatoms. The molecule has 10 rings (SSSR count). The summed E-state index contributed by atoms with van der Waals surface area (Å²) in [5.41, 5.74) is 11.1. The number of nitrogens with zero attached hydrogens (tertiary/aromatic N) is 6. The van der Waals surface area contributed by atoms with Crippen LogP contribution in [0.1, 0.15) is 20.7 Å². The number of imide groups is 1. The molecular weight excluding hydrogens is 669 g/mol. The third kappa shape index (κ3) is 5.00. The smallest absolute Gasteiger partial charge is 0.268 e. The fraction of sp³-hybridized carbons (Fsp3) is 0. The normalized spacial score (nSPS) is 12.5. The summed E-state index contributed by atoms with van der Waals surface area (Å²) < 4.78 is 2.09. The van der Waals surface area contributed by atoms with Crippen molar-refractivity contribution in [3.05, 3.63) is 182 Å². The van der Waals surface area contributed by atoms with Gasteiger partial charge in [-0.1, -0.05) is 84.9 Å². The highest BCUT2D eigenvalue weighted by atomic mass is 16.2. The highest BCUT2D eigenvalue weighted by molar-refractivity contribution is 6.36. The van der Waals surface area contributed by atoms with E-state index in [4.69, 9.17) is 0 Å². The van der Waals surface area contributed by atoms with Gasteiger partial charge in [0.05, 0.1) is 33.5 Å². The highest BCUT2D eigenvalue weighted by Gasteiger charge is 2.40. The second-order valence-electron chi connectivity index (χ2n) is 13.2. The Morgan fingerprint density at radius 2 is 0.926 bits per heavy atom. The minimum atomic E-state index is -0.374. The van der Waals surface area contributed by atoms with E-state index >= 15 is 0 Å². The summed E-state index contributed by atoms with van der Waals surface area (Å²) >= 11 is 0. The fourth-order valence-corrected chi connectivity index (χ4v) is 7.60. The van der Waals surface area contributed by atoms with E-state index in [0.717, 1.165) is 66.3 Å². The van der Waals surface area contributed by atoms with Crippen LogP contribution in [0.2, 0.25) is 0 Å². The van der Waals surface area contributed by atoms with Crippen LogP contribution in [0.15, 0.2) is 171 Å². The molecule has 2 amide bonds. The van der Waals surface area contributed by atoms with Gasteiger partial charge in [-0.15, -0.1) is 0 Å². The maximum atomic E-state index is 14.9. The molecule has 0 saturated heterocycles. The Morgan fingerprint density at radius 1 is 0.389 bits per heavy atom. The van der Waals surface area contributed by atoms with Crippen molar-refractivity contribution >= 4 is 39.3 Å². The lowest BCUT2D eigenvalue weighted by molar-refractivity contribution is 0.0926. The molecule has 0 bridgehead atoms. The predicted molar refractivity (Wildman–Crippen MR) is 211 cm³/mol. The minimum absolute atomic E-state index is 0.355. The molecule has 0 aliphatic carbocycles. The van der Waals surface area contributed by atoms with Gasteiger partial charge in [-0.05, 0) is 76.3 Å². The molecular formula is C46H28N6O2. The van der Waals surface area contributed by atoms with Crippen molar-refractivity contribution in [1.29, 1.82) is 0 Å². The Hall–Kier alpha value is -7.58. The number of carbonyl (C=O) groups excluding carboxylic acids is 2. The van der Waals surface area contributed by atoms with Crippen LogP contribution in [0.4, 0.5) is 5.69 Å². The van der Waals surface area contributed by atoms with E-state index in [0.29, 0.717) is 22.5 Å². The zero-order valence-corrected chi connectivity index (χ0v) is 28.7. The average Bonchev–Trinajstić information content (AvgIpc) is 3.71. The molecule has 9 aromatic rings. The summed E-state index contributed by atoms with van der Waals surface area (Å²) in [4.78, 5) is 47.6. The summed E-state index contributed by atoms with van der Waals surface area (Å²) in [6.07, 6.45) is 10.2. The van der Waals surface area contributed by atoms with Gasteiger partial charge < -0.3 is 4.57 Å². The summed E-state index contributed by atoms with van der Waals surface area (Å²) in [5.74, 6) is -0.735. The molecule has 3 aromatic heterocycles. The Labute approximate surface area is 309 Å². The molecule has 54 heavy (non-hydrogen) atoms. The largest absolute Gasteiger partial charge is 0.308 e. The van der Waals surface area contributed by atoms with Crippen molar-refractivity contribution in [3.63, 3.8) is 0 Å². The van der Waals surface area contributed by atoms with Crippen LogP contribution in [-0.2, 0) is 0 Å². The lowest BCUT2D eigenvalue weighted by atomic mass is 9.97. The summed E-state index contributed by atoms with van der Waals surface area (Å²) in [7, 11) is 0. The third-order valence-corrected chi connectivity index (χ3v) is 10.1. The van der Waals surface area contributed by atoms with Crippen molar-refractivity contribution in [2.45, 2.75) is 0 Å². The number of rotatable bonds is 6. The lowest BCUT2D eigenvalue weighted by Gasteiger charge is -2.20. The van der Waals surface area contributed by atoms with E-state index < -0.39 is 0 Å². The first kappa shape index (κ1) is 31.2. The van der Waals surface area contributed by atoms with E-state index in [2.05, 4.69) is 67.0 Å². The third-order valence-electron chi connectivity index (χ3n) is 10.1. The molecule has 6 aromatic carbocycles. The lowest BCUT2D eigenvalue weighted by Crippen LogP contribution is -2.30. The van der Waals surface area contributed by atoms with Gasteiger partial charge in [0.25, 0.3) is 11.8 Å². The molecule has 254 valence electrons. The number of amides is 2. The van der Waals surface area contributed by atoms with Gasteiger partial charge in [-0.25, -0.2) is 24.8 Å². The van der Waals surface area contributed by atoms with Crippen LogP contribution in [0.25, 0.3) is 72.0 Å². The van der Waals surface area contributed by atoms with Crippen LogP contribution < -0.4 is 4.90 Å². The van der Waals surface area contributed by atoms with Crippen LogP contribution in [0, 0.1) is 0 Å². The molecule has 0 radical (unpaired) electrons. The molecule has 0 N–H and O–H groups in total. The van der Waals surface area contributed by atoms with E-state index in [1.54, 1.807) is 30.9 Å². The van der Waals surface area contributed by atoms with Gasteiger partial charge in [-0.2, -0.15) is 0 Å². The molecule has 1 aliphatic rings. The van der Waals surface area contributed by atoms with Crippen molar-refractivity contribution < 1.29 is 9.59 Å². The molecule has 0 saturated carbocycles. The highest BCUT2D eigenvalue weighted by Crippen LogP contribution is 2.42. The number of hydrogen-bond donors (Lipinski definition) is 0. The van der Waals surface area contributed by atoms with E-state index in [-0.39, 0.29) is 11.8 Å². The van der Waals surface area contributed by atoms with Crippen LogP contribution in [0.3, 0.4) is 0 Å². The molecule has 4 heterocycles. The minimum Gasteiger partial charge on any atom is -0.308 e. The van der Waals surface area contributed by atoms with Gasteiger partial charge in [0, 0.05) is 52.3 Å². The first-order valence-electron chi connectivity index (χ1n) is 17.5. The first-order valence-corrected chi connectivity index (χ1v) is 17.5. The van der Waals surface area contributed by atoms with Crippen LogP contribution >= 0.6 is 0 Å². The monoisotopic (exact) mass is 696 g/mol. The van der Waals surface area contributed by atoms with Gasteiger partial charge in [-0.3, -0.25) is 9.59 Å². The van der Waals surface area contributed by atoms with E-state index in [1.165, 1.54) is 17.6 Å². The van der Waals surface area contributed by atoms with Gasteiger partial charge in [0.15, 0.2) is 0 Å². The van der Waals surface area contributed by atoms with Crippen molar-refractivity contribution in [2.24, 2.45) is 0 Å². The second kappa shape index (κ2) is 12.6. The van der Waals surface area contributed by atoms with Crippen molar-refractivity contribution in [3.8, 4) is 50.2 Å². The summed E-state index contributed by atoms with van der Waals surface area (Å²) in [6.45, 7) is 0. The molecule has 0 spiro atoms. The number of hydrogen-bond acceptors (Lipinski definition) is 6. The Morgan fingerprint density at radius 3 is 1.52 bits per heavy atom. The maximum absolute atomic E-state index is 14.9. The van der Waals surface area contributed by atoms with Crippen molar-refractivity contribution in [1.82, 2.24) is 24.5 Å². The Balaban J connectivity index is 1.17. The van der Waals surface area contributed by atoms with Gasteiger partial charge >= 0.3 is 0 Å². The topological polar surface area (TPSA) is 93.9 Å². The second-order valence-corrected chi connectivity index (χ2v) is 13.2. The van der Waals surface area contributed by atoms with Crippen LogP contribution in [0.5, 0.6) is 0 Å². The first-order chi connectivity index (χ1) is 26.6. The molecule has 8 nitrogen and oxygen atoms in total. The number of anilines is 1. The van der Waals surface area contributed by atoms with Crippen LogP contribution in [-0.4, -0.2) is 36.3 Å². The standard InChI is InChI=1S/C46H28N6O2/c53-45-36-12-7-13-43(44(36)46(54)52(45)40-17-14-31(29-8-3-1-4-9-29)20-37(40)30-10-5-2-6-11-30)51-41-18-15-32(34-23-47-27-48-24-34)21-38(41)39-22-33(16-19-42(39)51)35-25-49-28-50-26-35/h1-28H. The SMILES string of the molecule is O=C1c2cccc(-n3c4ccc(-c5cncnc5)cc4c4cc(-c5cncnc5)ccc43)c2C(=O)N1c1ccc(-c2ccccc2)cc1-c1ccccc1. The predicted octanol–water partition coefficient (Wildman–Crippen LogP) is 9.83. The van der Waals surface area contributed by atoms with Gasteiger partial charge in [0.2, 0.25) is 0 Å². The fourth-order valence-electron chi connectivity index (χ4n) is 7.60. The molecule has 0 atom stereocenters. The average molecular weight is 697 g/mol. The zero-order valence-electron chi connectivity index (χ0n) is 28.7. The van der Waals surface area contributed by atoms with E-state index in [1.807, 2.05) is 84.9 Å². The molecule has 0 fully saturated rings. The summed E-state index contributed by atoms with van der Waals surface area (Å²) in [5, 5.41) is 1.94. The zero-order chi connectivity index (χ0) is 36.2. The summed E-state index contributed by atoms with van der Waals surface area (Å²) in [6, 6.07) is 43.8. The van der Waals surface area contributed by atoms with Gasteiger partial charge in [0.1, 0.15) is 12.7 Å². The Kier molecular flexibility index (Phi) is 7.26. The maximum Gasteiger partial charge on any atom is 0.268 e. The number of fused-ring (bicyclic) bond motifs is 4. The Bertz CT molecular complexity index is 2810. The number of carbonyl (C=O) groups is 2. The quantitative estimate of drug-likeness (QED) is 0.161. The molecule has 1 aliphatic heterocycles. The van der Waals surface area contributed by atoms with E-state index in [9.17, 15) is 9.59 Å². The van der Waals surface area contributed by atoms with Crippen molar-refractivity contribution in [2.75, 3.05) is 4.90 Å². The molecule has 0 unspecified atom stereocenters. The number of benzene rings is 6. The number of aromatic nitrogens is 5.